The van der Waals surface area contributed by atoms with Gasteiger partial charge in [0.15, 0.2) is 23.1 Å². The molecule has 0 atom stereocenters. The number of ether oxygens (including phenoxy) is 2. The van der Waals surface area contributed by atoms with Crippen LogP contribution in [-0.2, 0) is 54.7 Å². The zero-order valence-electron chi connectivity index (χ0n) is 30.0. The quantitative estimate of drug-likeness (QED) is 0.119. The lowest BCUT2D eigenvalue weighted by Gasteiger charge is -2.16. The van der Waals surface area contributed by atoms with Crippen molar-refractivity contribution in [1.29, 1.82) is 0 Å². The third-order valence-corrected chi connectivity index (χ3v) is 11.3. The van der Waals surface area contributed by atoms with Gasteiger partial charge in [0.2, 0.25) is 9.84 Å². The topological polar surface area (TPSA) is 298 Å². The number of azo groups is 2. The van der Waals surface area contributed by atoms with Crippen LogP contribution in [0.5, 0.6) is 23.3 Å². The van der Waals surface area contributed by atoms with Gasteiger partial charge in [-0.2, -0.15) is 8.42 Å². The van der Waals surface area contributed by atoms with Crippen molar-refractivity contribution in [3.63, 3.8) is 0 Å². The molecule has 23 heteroatoms. The van der Waals surface area contributed by atoms with Crippen LogP contribution >= 0.6 is 0 Å². The van der Waals surface area contributed by atoms with Crippen LogP contribution in [0, 0.1) is 13.8 Å². The van der Waals surface area contributed by atoms with E-state index in [1.54, 1.807) is 0 Å². The Kier molecular flexibility index (Phi) is 12.4. The Balaban J connectivity index is 1.73. The fraction of sp³-hybridized carbons (Fsp3) is 0.312. The van der Waals surface area contributed by atoms with E-state index < -0.39 is 64.5 Å². The van der Waals surface area contributed by atoms with Gasteiger partial charge in [-0.3, -0.25) is 23.3 Å². The number of benzene rings is 2. The molecule has 0 spiro atoms. The van der Waals surface area contributed by atoms with E-state index in [0.29, 0.717) is 0 Å². The minimum absolute atomic E-state index is 0.0382. The van der Waals surface area contributed by atoms with Crippen molar-refractivity contribution in [2.45, 2.75) is 62.1 Å². The van der Waals surface area contributed by atoms with Crippen LogP contribution in [0.2, 0.25) is 0 Å². The number of hydrogen-bond donors (Lipinski definition) is 3. The highest BCUT2D eigenvalue weighted by molar-refractivity contribution is 7.91. The van der Waals surface area contributed by atoms with Crippen LogP contribution in [-0.4, -0.2) is 67.9 Å². The van der Waals surface area contributed by atoms with Gasteiger partial charge in [0.05, 0.1) is 39.9 Å². The Morgan fingerprint density at radius 2 is 1.05 bits per heavy atom. The molecule has 0 fully saturated rings. The maximum Gasteiger partial charge on any atom is 0.281 e. The number of sulfone groups is 1. The van der Waals surface area contributed by atoms with Gasteiger partial charge in [-0.05, 0) is 63.1 Å². The minimum Gasteiger partial charge on any atom is -0.748 e. The average molecular weight is 824 g/mol. The molecule has 0 saturated carbocycles. The van der Waals surface area contributed by atoms with Crippen molar-refractivity contribution in [2.24, 2.45) is 20.5 Å². The Hall–Kier alpha value is -5.49. The second-order valence-electron chi connectivity index (χ2n) is 11.6. The summed E-state index contributed by atoms with van der Waals surface area (Å²) in [4.78, 5) is 25.5. The molecule has 0 amide bonds. The van der Waals surface area contributed by atoms with Crippen LogP contribution in [0.15, 0.2) is 76.2 Å². The van der Waals surface area contributed by atoms with E-state index in [0.717, 1.165) is 21.3 Å². The van der Waals surface area contributed by atoms with E-state index >= 15 is 0 Å². The van der Waals surface area contributed by atoms with Crippen molar-refractivity contribution in [1.82, 2.24) is 9.13 Å². The lowest BCUT2D eigenvalue weighted by molar-refractivity contribution is 0.403. The van der Waals surface area contributed by atoms with Gasteiger partial charge in [0.1, 0.15) is 28.6 Å². The van der Waals surface area contributed by atoms with Crippen LogP contribution in [0.4, 0.5) is 22.7 Å². The summed E-state index contributed by atoms with van der Waals surface area (Å²) >= 11 is 0. The summed E-state index contributed by atoms with van der Waals surface area (Å²) in [5.74, 6) is -3.69. The zero-order chi connectivity index (χ0) is 41.2. The molecule has 0 aliphatic carbocycles. The lowest BCUT2D eigenvalue weighted by Crippen LogP contribution is -2.22. The third-order valence-electron chi connectivity index (χ3n) is 8.28. The molecule has 0 unspecified atom stereocenters. The second kappa shape index (κ2) is 16.1. The molecular weight excluding hydrogens is 789 g/mol. The van der Waals surface area contributed by atoms with Crippen LogP contribution < -0.4 is 20.6 Å². The molecule has 0 aliphatic heterocycles. The summed E-state index contributed by atoms with van der Waals surface area (Å²) in [5.41, 5.74) is -3.24. The van der Waals surface area contributed by atoms with E-state index in [9.17, 15) is 54.2 Å². The molecule has 0 aliphatic rings. The monoisotopic (exact) mass is 823 g/mol. The number of hydrogen-bond acceptors (Lipinski definition) is 17. The fourth-order valence-electron chi connectivity index (χ4n) is 5.40. The molecule has 0 saturated heterocycles. The zero-order valence-corrected chi connectivity index (χ0v) is 32.5. The second-order valence-corrected chi connectivity index (χ2v) is 16.5. The molecule has 55 heavy (non-hydrogen) atoms. The number of aromatic nitrogens is 2. The van der Waals surface area contributed by atoms with Crippen LogP contribution in [0.1, 0.15) is 36.1 Å². The SMILES string of the molecule is CCn1c(O)c(CS(=O)(=O)[O-])c(C)c(N=Nc2ccc(S(=O)(=O)c3ccc(N=Nc4c(C)c(CS(=O)(=O)O)c(O)n(CC)c4=O)c(OC)c3)cc2OC)c1=O. The van der Waals surface area contributed by atoms with Gasteiger partial charge >= 0.3 is 0 Å². The normalized spacial score (nSPS) is 12.5. The van der Waals surface area contributed by atoms with Gasteiger partial charge in [0, 0.05) is 36.3 Å². The van der Waals surface area contributed by atoms with Crippen LogP contribution in [0.25, 0.3) is 0 Å². The molecular formula is C32H35N6O14S3-. The first kappa shape index (κ1) is 42.3. The van der Waals surface area contributed by atoms with Crippen molar-refractivity contribution >= 4 is 52.8 Å². The molecule has 0 radical (unpaired) electrons. The number of pyridine rings is 2. The highest BCUT2D eigenvalue weighted by Crippen LogP contribution is 2.38. The van der Waals surface area contributed by atoms with Gasteiger partial charge in [-0.15, -0.1) is 20.5 Å². The molecule has 3 N–H and O–H groups in total. The fourth-order valence-corrected chi connectivity index (χ4v) is 8.10. The lowest BCUT2D eigenvalue weighted by atomic mass is 10.1. The Morgan fingerprint density at radius 1 is 0.673 bits per heavy atom. The van der Waals surface area contributed by atoms with E-state index in [4.69, 9.17) is 9.47 Å². The maximum atomic E-state index is 13.7. The van der Waals surface area contributed by atoms with E-state index in [1.807, 2.05) is 0 Å². The van der Waals surface area contributed by atoms with E-state index in [-0.39, 0.29) is 79.4 Å². The largest absolute Gasteiger partial charge is 0.748 e. The summed E-state index contributed by atoms with van der Waals surface area (Å²) in [6, 6.07) is 7.07. The number of rotatable bonds is 14. The predicted octanol–water partition coefficient (Wildman–Crippen LogP) is 4.19. The van der Waals surface area contributed by atoms with Crippen molar-refractivity contribution in [3.8, 4) is 23.3 Å². The average Bonchev–Trinajstić information content (AvgIpc) is 3.11. The first-order chi connectivity index (χ1) is 25.6. The Morgan fingerprint density at radius 3 is 1.38 bits per heavy atom. The van der Waals surface area contributed by atoms with Gasteiger partial charge < -0.3 is 24.2 Å². The van der Waals surface area contributed by atoms with Gasteiger partial charge in [-0.25, -0.2) is 16.8 Å². The molecule has 2 heterocycles. The summed E-state index contributed by atoms with van der Waals surface area (Å²) in [6.45, 7) is 5.43. The smallest absolute Gasteiger partial charge is 0.281 e. The molecule has 2 aromatic carbocycles. The van der Waals surface area contributed by atoms with Gasteiger partial charge in [-0.1, -0.05) is 0 Å². The molecule has 0 bridgehead atoms. The first-order valence-electron chi connectivity index (χ1n) is 15.8. The summed E-state index contributed by atoms with van der Waals surface area (Å²) in [7, 11) is -11.3. The molecule has 4 rings (SSSR count). The highest BCUT2D eigenvalue weighted by atomic mass is 32.2. The third kappa shape index (κ3) is 8.91. The van der Waals surface area contributed by atoms with Crippen molar-refractivity contribution < 1.29 is 54.0 Å². The van der Waals surface area contributed by atoms with Gasteiger partial charge in [0.25, 0.3) is 21.2 Å². The maximum absolute atomic E-state index is 13.7. The summed E-state index contributed by atoms with van der Waals surface area (Å²) in [6.07, 6.45) is 0. The number of methoxy groups -OCH3 is 2. The summed E-state index contributed by atoms with van der Waals surface area (Å²) in [5, 5.41) is 36.9. The highest BCUT2D eigenvalue weighted by Gasteiger charge is 2.25. The van der Waals surface area contributed by atoms with Crippen molar-refractivity contribution in [2.75, 3.05) is 14.2 Å². The predicted molar refractivity (Wildman–Crippen MR) is 194 cm³/mol. The number of nitrogens with zero attached hydrogens (tertiary/aromatic N) is 6. The minimum atomic E-state index is -4.87. The van der Waals surface area contributed by atoms with Crippen molar-refractivity contribution in [3.05, 3.63) is 79.4 Å². The van der Waals surface area contributed by atoms with E-state index in [2.05, 4.69) is 20.5 Å². The summed E-state index contributed by atoms with van der Waals surface area (Å²) < 4.78 is 107. The molecule has 2 aromatic heterocycles. The molecule has 4 aromatic rings. The first-order valence-corrected chi connectivity index (χ1v) is 20.5. The number of aromatic hydroxyl groups is 2. The Bertz CT molecular complexity index is 2530. The van der Waals surface area contributed by atoms with Crippen LogP contribution in [0.3, 0.4) is 0 Å². The molecule has 296 valence electrons. The Labute approximate surface area is 314 Å². The molecule has 20 nitrogen and oxygen atoms in total. The standard InChI is InChI=1S/C32H36N6O14S3/c1-7-37-29(39)21(15-53(43,44)45)17(3)27(31(37)41)35-33-23-11-9-19(13-25(23)51-5)55(49,50)20-10-12-24(26(14-20)52-6)34-36-28-18(4)22(16-54(46,47)48)30(40)38(8-2)32(28)42/h9-14,39-40H,7-8,15-16H2,1-6H3,(H,43,44,45)(H,46,47,48)/p-1. The van der Waals surface area contributed by atoms with E-state index in [1.165, 1.54) is 66.2 Å².